The summed E-state index contributed by atoms with van der Waals surface area (Å²) in [4.78, 5) is 25.7. The van der Waals surface area contributed by atoms with Gasteiger partial charge in [-0.25, -0.2) is 0 Å². The minimum Gasteiger partial charge on any atom is -0.393 e. The maximum Gasteiger partial charge on any atom is 0.229 e. The first-order valence-electron chi connectivity index (χ1n) is 6.14. The number of amides is 2. The van der Waals surface area contributed by atoms with Gasteiger partial charge < -0.3 is 5.73 Å². The SMILES string of the molecule is NC(=S)CCN1C(=O)CC2(CCCC2)CC1=O. The molecule has 1 aliphatic heterocycles. The second kappa shape index (κ2) is 4.72. The summed E-state index contributed by atoms with van der Waals surface area (Å²) in [6.45, 7) is 0.350. The minimum absolute atomic E-state index is 0.0200. The van der Waals surface area contributed by atoms with E-state index < -0.39 is 0 Å². The second-order valence-corrected chi connectivity index (χ2v) is 5.74. The van der Waals surface area contributed by atoms with Gasteiger partial charge in [-0.1, -0.05) is 25.1 Å². The number of thiocarbonyl (C=S) groups is 1. The maximum absolute atomic E-state index is 12.0. The van der Waals surface area contributed by atoms with Crippen molar-refractivity contribution in [3.05, 3.63) is 0 Å². The standard InChI is InChI=1S/C12H18N2O2S/c13-9(17)3-6-14-10(15)7-12(8-11(14)16)4-1-2-5-12/h1-8H2,(H2,13,17). The lowest BCUT2D eigenvalue weighted by Crippen LogP contribution is -2.48. The van der Waals surface area contributed by atoms with Crippen LogP contribution in [0.25, 0.3) is 0 Å². The van der Waals surface area contributed by atoms with Crippen LogP contribution in [0.15, 0.2) is 0 Å². The Morgan fingerprint density at radius 1 is 1.24 bits per heavy atom. The molecule has 0 aromatic heterocycles. The van der Waals surface area contributed by atoms with Crippen molar-refractivity contribution < 1.29 is 9.59 Å². The van der Waals surface area contributed by atoms with Crippen LogP contribution in [-0.2, 0) is 9.59 Å². The first-order valence-corrected chi connectivity index (χ1v) is 6.55. The number of hydrogen-bond acceptors (Lipinski definition) is 3. The van der Waals surface area contributed by atoms with Crippen molar-refractivity contribution >= 4 is 29.0 Å². The van der Waals surface area contributed by atoms with Gasteiger partial charge in [0.05, 0.1) is 4.99 Å². The van der Waals surface area contributed by atoms with Crippen molar-refractivity contribution in [1.82, 2.24) is 4.90 Å². The molecule has 2 rings (SSSR count). The summed E-state index contributed by atoms with van der Waals surface area (Å²) in [6.07, 6.45) is 5.81. The van der Waals surface area contributed by atoms with E-state index in [1.807, 2.05) is 0 Å². The van der Waals surface area contributed by atoms with Gasteiger partial charge in [0.25, 0.3) is 0 Å². The second-order valence-electron chi connectivity index (χ2n) is 5.22. The maximum atomic E-state index is 12.0. The number of carbonyl (C=O) groups excluding carboxylic acids is 2. The van der Waals surface area contributed by atoms with Crippen molar-refractivity contribution in [3.63, 3.8) is 0 Å². The zero-order chi connectivity index (χ0) is 12.5. The molecule has 4 nitrogen and oxygen atoms in total. The third-order valence-electron chi connectivity index (χ3n) is 3.90. The highest BCUT2D eigenvalue weighted by atomic mass is 32.1. The largest absolute Gasteiger partial charge is 0.393 e. The number of piperidine rings is 1. The summed E-state index contributed by atoms with van der Waals surface area (Å²) < 4.78 is 0. The highest BCUT2D eigenvalue weighted by molar-refractivity contribution is 7.80. The molecule has 0 atom stereocenters. The summed E-state index contributed by atoms with van der Waals surface area (Å²) in [6, 6.07) is 0. The molecule has 0 aromatic rings. The molecule has 2 fully saturated rings. The lowest BCUT2D eigenvalue weighted by molar-refractivity contribution is -0.153. The van der Waals surface area contributed by atoms with Gasteiger partial charge in [-0.05, 0) is 18.3 Å². The number of nitrogens with zero attached hydrogens (tertiary/aromatic N) is 1. The van der Waals surface area contributed by atoms with Crippen LogP contribution in [-0.4, -0.2) is 28.2 Å². The molecular weight excluding hydrogens is 236 g/mol. The smallest absolute Gasteiger partial charge is 0.229 e. The molecule has 1 heterocycles. The molecule has 5 heteroatoms. The van der Waals surface area contributed by atoms with E-state index in [4.69, 9.17) is 18.0 Å². The number of nitrogens with two attached hydrogens (primary N) is 1. The molecule has 0 aromatic carbocycles. The molecule has 1 spiro atoms. The third kappa shape index (κ3) is 2.65. The third-order valence-corrected chi connectivity index (χ3v) is 4.10. The van der Waals surface area contributed by atoms with E-state index in [-0.39, 0.29) is 17.2 Å². The first kappa shape index (κ1) is 12.5. The summed E-state index contributed by atoms with van der Waals surface area (Å²) in [7, 11) is 0. The average Bonchev–Trinajstić information content (AvgIpc) is 2.64. The van der Waals surface area contributed by atoms with E-state index >= 15 is 0 Å². The summed E-state index contributed by atoms with van der Waals surface area (Å²) in [5.74, 6) is -0.0844. The van der Waals surface area contributed by atoms with Crippen LogP contribution in [0, 0.1) is 5.41 Å². The molecule has 2 N–H and O–H groups in total. The minimum atomic E-state index is -0.0422. The zero-order valence-corrected chi connectivity index (χ0v) is 10.7. The summed E-state index contributed by atoms with van der Waals surface area (Å²) in [5, 5.41) is 0. The van der Waals surface area contributed by atoms with E-state index in [2.05, 4.69) is 0 Å². The Balaban J connectivity index is 2.01. The Morgan fingerprint density at radius 3 is 2.24 bits per heavy atom. The normalized spacial score (nSPS) is 23.4. The lowest BCUT2D eigenvalue weighted by atomic mass is 9.76. The van der Waals surface area contributed by atoms with E-state index in [0.29, 0.717) is 30.8 Å². The molecule has 0 radical (unpaired) electrons. The molecule has 0 bridgehead atoms. The van der Waals surface area contributed by atoms with Gasteiger partial charge in [0.15, 0.2) is 0 Å². The molecule has 17 heavy (non-hydrogen) atoms. The Labute approximate surface area is 107 Å². The fraction of sp³-hybridized carbons (Fsp3) is 0.750. The molecule has 1 aliphatic carbocycles. The van der Waals surface area contributed by atoms with Crippen molar-refractivity contribution in [2.45, 2.75) is 44.9 Å². The highest BCUT2D eigenvalue weighted by Gasteiger charge is 2.44. The van der Waals surface area contributed by atoms with Crippen LogP contribution in [0.3, 0.4) is 0 Å². The van der Waals surface area contributed by atoms with E-state index in [1.54, 1.807) is 0 Å². The van der Waals surface area contributed by atoms with Gasteiger partial charge in [-0.15, -0.1) is 0 Å². The van der Waals surface area contributed by atoms with Crippen molar-refractivity contribution in [1.29, 1.82) is 0 Å². The Morgan fingerprint density at radius 2 is 1.76 bits per heavy atom. The van der Waals surface area contributed by atoms with Gasteiger partial charge in [0, 0.05) is 25.8 Å². The molecule has 2 amide bonds. The van der Waals surface area contributed by atoms with E-state index in [0.717, 1.165) is 25.7 Å². The van der Waals surface area contributed by atoms with Crippen LogP contribution in [0.5, 0.6) is 0 Å². The highest BCUT2D eigenvalue weighted by Crippen LogP contribution is 2.46. The van der Waals surface area contributed by atoms with Gasteiger partial charge >= 0.3 is 0 Å². The van der Waals surface area contributed by atoms with Crippen LogP contribution in [0.2, 0.25) is 0 Å². The molecule has 1 saturated carbocycles. The Kier molecular flexibility index (Phi) is 3.47. The lowest BCUT2D eigenvalue weighted by Gasteiger charge is -2.37. The van der Waals surface area contributed by atoms with Crippen LogP contribution in [0.4, 0.5) is 0 Å². The first-order chi connectivity index (χ1) is 8.02. The molecule has 2 aliphatic rings. The fourth-order valence-electron chi connectivity index (χ4n) is 2.98. The number of hydrogen-bond donors (Lipinski definition) is 1. The quantitative estimate of drug-likeness (QED) is 0.610. The van der Waals surface area contributed by atoms with Gasteiger partial charge in [-0.3, -0.25) is 14.5 Å². The van der Waals surface area contributed by atoms with Gasteiger partial charge in [-0.2, -0.15) is 0 Å². The fourth-order valence-corrected chi connectivity index (χ4v) is 3.08. The van der Waals surface area contributed by atoms with Crippen molar-refractivity contribution in [2.24, 2.45) is 11.1 Å². The Hall–Kier alpha value is -0.970. The van der Waals surface area contributed by atoms with Gasteiger partial charge in [0.2, 0.25) is 11.8 Å². The molecule has 1 saturated heterocycles. The van der Waals surface area contributed by atoms with Crippen LogP contribution in [0.1, 0.15) is 44.9 Å². The van der Waals surface area contributed by atoms with Crippen LogP contribution >= 0.6 is 12.2 Å². The summed E-state index contributed by atoms with van der Waals surface area (Å²) >= 11 is 4.77. The number of carbonyl (C=O) groups is 2. The zero-order valence-electron chi connectivity index (χ0n) is 9.91. The molecule has 94 valence electrons. The summed E-state index contributed by atoms with van der Waals surface area (Å²) in [5.41, 5.74) is 5.38. The topological polar surface area (TPSA) is 63.4 Å². The van der Waals surface area contributed by atoms with Gasteiger partial charge in [0.1, 0.15) is 0 Å². The van der Waals surface area contributed by atoms with Crippen LogP contribution < -0.4 is 5.73 Å². The van der Waals surface area contributed by atoms with Crippen molar-refractivity contribution in [2.75, 3.05) is 6.54 Å². The monoisotopic (exact) mass is 254 g/mol. The van der Waals surface area contributed by atoms with E-state index in [9.17, 15) is 9.59 Å². The average molecular weight is 254 g/mol. The number of imide groups is 1. The van der Waals surface area contributed by atoms with E-state index in [1.165, 1.54) is 4.90 Å². The van der Waals surface area contributed by atoms with Crippen molar-refractivity contribution in [3.8, 4) is 0 Å². The number of likely N-dealkylation sites (tertiary alicyclic amines) is 1. The Bertz CT molecular complexity index is 342. The molecule has 0 unspecified atom stereocenters. The molecular formula is C12H18N2O2S. The predicted molar refractivity (Wildman–Crippen MR) is 68.3 cm³/mol. The predicted octanol–water partition coefficient (Wildman–Crippen LogP) is 1.37. The number of rotatable bonds is 3.